The predicted octanol–water partition coefficient (Wildman–Crippen LogP) is 9.49. The maximum absolute atomic E-state index is 15.4. The molecular weight excluding hydrogens is 707 g/mol. The molecule has 53 heavy (non-hydrogen) atoms. The number of urea groups is 1. The van der Waals surface area contributed by atoms with Gasteiger partial charge in [-0.05, 0) is 80.1 Å². The molecule has 0 spiro atoms. The molecule has 4 heterocycles. The Morgan fingerprint density at radius 2 is 1.66 bits per heavy atom. The van der Waals surface area contributed by atoms with Crippen molar-refractivity contribution in [3.63, 3.8) is 0 Å². The summed E-state index contributed by atoms with van der Waals surface area (Å²) in [5.74, 6) is 0.966. The number of hydrogen-bond acceptors (Lipinski definition) is 6. The summed E-state index contributed by atoms with van der Waals surface area (Å²) in [6.07, 6.45) is 6.86. The van der Waals surface area contributed by atoms with E-state index in [9.17, 15) is 4.79 Å². The molecule has 2 aromatic carbocycles. The van der Waals surface area contributed by atoms with Crippen LogP contribution in [0.3, 0.4) is 0 Å². The highest BCUT2D eigenvalue weighted by Crippen LogP contribution is 2.51. The second kappa shape index (κ2) is 15.9. The Morgan fingerprint density at radius 3 is 2.26 bits per heavy atom. The van der Waals surface area contributed by atoms with E-state index in [0.29, 0.717) is 71.8 Å². The first-order chi connectivity index (χ1) is 25.3. The molecule has 6 rings (SSSR count). The quantitative estimate of drug-likeness (QED) is 0.184. The van der Waals surface area contributed by atoms with Crippen LogP contribution in [0.5, 0.6) is 5.75 Å². The van der Waals surface area contributed by atoms with Crippen molar-refractivity contribution < 1.29 is 14.3 Å². The van der Waals surface area contributed by atoms with Gasteiger partial charge in [-0.25, -0.2) is 4.79 Å². The number of nitrogens with zero attached hydrogens (tertiary/aromatic N) is 5. The van der Waals surface area contributed by atoms with Gasteiger partial charge in [0.05, 0.1) is 30.1 Å². The summed E-state index contributed by atoms with van der Waals surface area (Å²) in [6.45, 7) is 13.9. The number of aliphatic imine (C=N–C) groups is 1. The van der Waals surface area contributed by atoms with E-state index in [0.717, 1.165) is 16.8 Å². The van der Waals surface area contributed by atoms with Crippen molar-refractivity contribution >= 4 is 46.7 Å². The van der Waals surface area contributed by atoms with Gasteiger partial charge in [0.1, 0.15) is 17.1 Å². The number of amidine groups is 1. The van der Waals surface area contributed by atoms with Gasteiger partial charge in [0.2, 0.25) is 5.91 Å². The molecule has 0 bridgehead atoms. The van der Waals surface area contributed by atoms with Crippen LogP contribution in [0.2, 0.25) is 10.0 Å². The number of benzene rings is 2. The lowest BCUT2D eigenvalue weighted by Gasteiger charge is -2.48. The van der Waals surface area contributed by atoms with Crippen molar-refractivity contribution in [1.82, 2.24) is 19.8 Å². The summed E-state index contributed by atoms with van der Waals surface area (Å²) >= 11 is 12.8. The van der Waals surface area contributed by atoms with Crippen molar-refractivity contribution in [3.05, 3.63) is 118 Å². The Kier molecular flexibility index (Phi) is 11.5. The number of rotatable bonds is 9. The highest BCUT2D eigenvalue weighted by atomic mass is 35.5. The minimum Gasteiger partial charge on any atom is -0.493 e. The highest BCUT2D eigenvalue weighted by molar-refractivity contribution is 6.30. The van der Waals surface area contributed by atoms with Crippen LogP contribution in [0.25, 0.3) is 0 Å². The van der Waals surface area contributed by atoms with E-state index in [1.807, 2.05) is 77.4 Å². The molecule has 2 aliphatic heterocycles. The number of carbonyl (C=O) groups is 2. The number of piperidine rings is 1. The van der Waals surface area contributed by atoms with E-state index >= 15 is 4.79 Å². The number of halogens is 2. The van der Waals surface area contributed by atoms with E-state index < -0.39 is 11.6 Å². The molecule has 278 valence electrons. The number of amides is 3. The van der Waals surface area contributed by atoms with E-state index in [2.05, 4.69) is 44.9 Å². The minimum atomic E-state index is -0.975. The number of carbonyl (C=O) groups excluding carboxylic acids is 2. The fourth-order valence-corrected chi connectivity index (χ4v) is 7.96. The van der Waals surface area contributed by atoms with Crippen molar-refractivity contribution in [3.8, 4) is 5.75 Å². The monoisotopic (exact) mass is 754 g/mol. The number of hydrogen-bond donors (Lipinski definition) is 1. The van der Waals surface area contributed by atoms with Gasteiger partial charge in [0.25, 0.3) is 0 Å². The predicted molar refractivity (Wildman–Crippen MR) is 212 cm³/mol. The summed E-state index contributed by atoms with van der Waals surface area (Å²) in [5, 5.41) is 4.18. The smallest absolute Gasteiger partial charge is 0.326 e. The van der Waals surface area contributed by atoms with Crippen molar-refractivity contribution in [2.24, 2.45) is 10.9 Å². The molecule has 0 radical (unpaired) electrons. The summed E-state index contributed by atoms with van der Waals surface area (Å²) in [5.41, 5.74) is 2.92. The maximum Gasteiger partial charge on any atom is 0.326 e. The zero-order valence-corrected chi connectivity index (χ0v) is 32.8. The van der Waals surface area contributed by atoms with Gasteiger partial charge in [-0.15, -0.1) is 0 Å². The first-order valence-electron chi connectivity index (χ1n) is 18.3. The van der Waals surface area contributed by atoms with Gasteiger partial charge in [-0.3, -0.25) is 24.7 Å². The van der Waals surface area contributed by atoms with Gasteiger partial charge in [0, 0.05) is 65.0 Å². The molecule has 9 nitrogen and oxygen atoms in total. The molecule has 3 atom stereocenters. The Balaban J connectivity index is 1.42. The zero-order valence-electron chi connectivity index (χ0n) is 31.3. The normalized spacial score (nSPS) is 19.8. The third kappa shape index (κ3) is 7.92. The van der Waals surface area contributed by atoms with Gasteiger partial charge in [0.15, 0.2) is 0 Å². The van der Waals surface area contributed by atoms with Gasteiger partial charge < -0.3 is 15.0 Å². The topological polar surface area (TPSA) is 100 Å². The number of likely N-dealkylation sites (tertiary alicyclic amines) is 1. The molecule has 11 heteroatoms. The van der Waals surface area contributed by atoms with Crippen molar-refractivity contribution in [1.29, 1.82) is 0 Å². The second-order valence-electron chi connectivity index (χ2n) is 15.0. The Morgan fingerprint density at radius 1 is 1.00 bits per heavy atom. The van der Waals surface area contributed by atoms with Gasteiger partial charge in [-0.2, -0.15) is 0 Å². The average Bonchev–Trinajstić information content (AvgIpc) is 3.45. The third-order valence-electron chi connectivity index (χ3n) is 10.5. The van der Waals surface area contributed by atoms with Gasteiger partial charge in [-0.1, -0.05) is 75.2 Å². The number of aromatic nitrogens is 2. The third-order valence-corrected chi connectivity index (χ3v) is 11.0. The lowest BCUT2D eigenvalue weighted by molar-refractivity contribution is -0.117. The Bertz CT molecular complexity index is 1940. The molecule has 2 aromatic heterocycles. The first kappa shape index (κ1) is 38.3. The molecule has 0 aliphatic carbocycles. The molecule has 0 saturated carbocycles. The van der Waals surface area contributed by atoms with Crippen LogP contribution in [0, 0.1) is 5.92 Å². The molecule has 3 amide bonds. The standard InChI is InChI=1S/C42H48Cl2N6O3/c1-7-53-36-24-37(41(4,5)6)46-26-35(36)39-47-28(3)42(31-12-16-33(44)17-13-31,27(2)30-10-14-32(43)15-11-30)50(39)40(52)49-21-18-29(19-22-49)23-38(51)48-34-9-8-20-45-25-34/h8-17,20,24-29H,7,18-19,21-23H2,1-6H3,(H,48,51)/t27-,28-,42+/m1/s1. The molecule has 2 aliphatic rings. The highest BCUT2D eigenvalue weighted by Gasteiger charge is 2.57. The SMILES string of the molecule is CCOc1cc(C(C)(C)C)ncc1C1=N[C@H](C)[C@](c2ccc(Cl)cc2)([C@H](C)c2ccc(Cl)cc2)N1C(=O)N1CCC(CC(=O)Nc2cccnc2)CC1. The van der Waals surface area contributed by atoms with Crippen LogP contribution in [0.1, 0.15) is 89.1 Å². The number of pyridine rings is 2. The van der Waals surface area contributed by atoms with Crippen molar-refractivity contribution in [2.45, 2.75) is 83.7 Å². The van der Waals surface area contributed by atoms with Crippen LogP contribution < -0.4 is 10.1 Å². The molecule has 0 unspecified atom stereocenters. The largest absolute Gasteiger partial charge is 0.493 e. The maximum atomic E-state index is 15.4. The fraction of sp³-hybridized carbons (Fsp3) is 0.405. The first-order valence-corrected chi connectivity index (χ1v) is 19.1. The van der Waals surface area contributed by atoms with Crippen LogP contribution in [-0.2, 0) is 15.7 Å². The lowest BCUT2D eigenvalue weighted by atomic mass is 9.70. The molecule has 1 N–H and O–H groups in total. The lowest BCUT2D eigenvalue weighted by Crippen LogP contribution is -2.60. The van der Waals surface area contributed by atoms with E-state index in [1.165, 1.54) is 0 Å². The fourth-order valence-electron chi connectivity index (χ4n) is 7.71. The Labute approximate surface area is 322 Å². The van der Waals surface area contributed by atoms with Crippen molar-refractivity contribution in [2.75, 3.05) is 25.0 Å². The number of nitrogens with one attached hydrogen (secondary N) is 1. The molecule has 4 aromatic rings. The van der Waals surface area contributed by atoms with Crippen LogP contribution in [-0.4, -0.2) is 63.3 Å². The van der Waals surface area contributed by atoms with Crippen LogP contribution >= 0.6 is 23.2 Å². The van der Waals surface area contributed by atoms with E-state index in [4.69, 9.17) is 37.9 Å². The summed E-state index contributed by atoms with van der Waals surface area (Å²) < 4.78 is 6.29. The molecule has 1 saturated heterocycles. The Hall–Kier alpha value is -4.47. The minimum absolute atomic E-state index is 0.0567. The van der Waals surface area contributed by atoms with E-state index in [-0.39, 0.29) is 29.2 Å². The second-order valence-corrected chi connectivity index (χ2v) is 15.9. The van der Waals surface area contributed by atoms with Crippen LogP contribution in [0.15, 0.2) is 90.3 Å². The van der Waals surface area contributed by atoms with Gasteiger partial charge >= 0.3 is 6.03 Å². The summed E-state index contributed by atoms with van der Waals surface area (Å²) in [4.78, 5) is 46.5. The average molecular weight is 756 g/mol. The zero-order chi connectivity index (χ0) is 37.9. The number of anilines is 1. The summed E-state index contributed by atoms with van der Waals surface area (Å²) in [7, 11) is 0. The van der Waals surface area contributed by atoms with Crippen LogP contribution in [0.4, 0.5) is 10.5 Å². The molecular formula is C42H48Cl2N6O3. The summed E-state index contributed by atoms with van der Waals surface area (Å²) in [6, 6.07) is 20.6. The molecule has 1 fully saturated rings. The number of ether oxygens (including phenoxy) is 1. The van der Waals surface area contributed by atoms with E-state index in [1.54, 1.807) is 24.7 Å².